The zero-order valence-corrected chi connectivity index (χ0v) is 7.94. The summed E-state index contributed by atoms with van der Waals surface area (Å²) in [7, 11) is 0. The number of furan rings is 1. The molecule has 0 atom stereocenters. The highest BCUT2D eigenvalue weighted by Gasteiger charge is 2.00. The Kier molecular flexibility index (Phi) is 2.65. The molecule has 2 N–H and O–H groups in total. The minimum Gasteiger partial charge on any atom is -0.464 e. The summed E-state index contributed by atoms with van der Waals surface area (Å²) in [5.74, 6) is 1.81. The molecule has 72 valence electrons. The van der Waals surface area contributed by atoms with Gasteiger partial charge >= 0.3 is 0 Å². The van der Waals surface area contributed by atoms with E-state index in [1.165, 1.54) is 5.56 Å². The van der Waals surface area contributed by atoms with E-state index in [0.29, 0.717) is 6.54 Å². The van der Waals surface area contributed by atoms with Crippen molar-refractivity contribution in [1.82, 2.24) is 0 Å². The van der Waals surface area contributed by atoms with E-state index in [-0.39, 0.29) is 0 Å². The van der Waals surface area contributed by atoms with Gasteiger partial charge in [0.25, 0.3) is 0 Å². The van der Waals surface area contributed by atoms with Crippen molar-refractivity contribution in [2.24, 2.45) is 5.73 Å². The molecular formula is C12H13NO. The van der Waals surface area contributed by atoms with Crippen LogP contribution in [0.4, 0.5) is 0 Å². The minimum atomic E-state index is 0.467. The summed E-state index contributed by atoms with van der Waals surface area (Å²) < 4.78 is 5.51. The molecule has 0 fully saturated rings. The van der Waals surface area contributed by atoms with E-state index >= 15 is 0 Å². The lowest BCUT2D eigenvalue weighted by atomic mass is 10.1. The molecule has 1 aromatic carbocycles. The van der Waals surface area contributed by atoms with Gasteiger partial charge in [0.2, 0.25) is 0 Å². The fourth-order valence-corrected chi connectivity index (χ4v) is 1.42. The lowest BCUT2D eigenvalue weighted by molar-refractivity contribution is 0.475. The van der Waals surface area contributed by atoms with Gasteiger partial charge in [-0.25, -0.2) is 0 Å². The van der Waals surface area contributed by atoms with Crippen molar-refractivity contribution in [3.63, 3.8) is 0 Å². The molecule has 0 saturated carbocycles. The smallest absolute Gasteiger partial charge is 0.117 e. The minimum absolute atomic E-state index is 0.467. The van der Waals surface area contributed by atoms with Gasteiger partial charge in [0, 0.05) is 6.42 Å². The third kappa shape index (κ3) is 2.03. The van der Waals surface area contributed by atoms with Crippen LogP contribution in [0.1, 0.15) is 17.1 Å². The molecule has 0 amide bonds. The third-order valence-corrected chi connectivity index (χ3v) is 2.14. The Morgan fingerprint density at radius 3 is 2.29 bits per heavy atom. The van der Waals surface area contributed by atoms with Gasteiger partial charge < -0.3 is 10.2 Å². The van der Waals surface area contributed by atoms with Crippen molar-refractivity contribution in [1.29, 1.82) is 0 Å². The van der Waals surface area contributed by atoms with Crippen LogP contribution < -0.4 is 5.73 Å². The Balaban J connectivity index is 2.11. The van der Waals surface area contributed by atoms with Crippen LogP contribution in [-0.4, -0.2) is 0 Å². The first-order chi connectivity index (χ1) is 6.88. The molecule has 0 radical (unpaired) electrons. The topological polar surface area (TPSA) is 39.2 Å². The zero-order valence-electron chi connectivity index (χ0n) is 7.94. The molecule has 14 heavy (non-hydrogen) atoms. The van der Waals surface area contributed by atoms with E-state index in [1.54, 1.807) is 0 Å². The standard InChI is InChI=1S/C12H13NO/c13-9-12-7-6-11(14-12)8-10-4-2-1-3-5-10/h1-7H,8-9,13H2. The normalized spacial score (nSPS) is 10.4. The van der Waals surface area contributed by atoms with Gasteiger partial charge in [0.05, 0.1) is 6.54 Å². The van der Waals surface area contributed by atoms with Crippen molar-refractivity contribution >= 4 is 0 Å². The van der Waals surface area contributed by atoms with E-state index in [9.17, 15) is 0 Å². The number of rotatable bonds is 3. The fourth-order valence-electron chi connectivity index (χ4n) is 1.42. The van der Waals surface area contributed by atoms with E-state index in [4.69, 9.17) is 10.2 Å². The highest BCUT2D eigenvalue weighted by Crippen LogP contribution is 2.12. The fraction of sp³-hybridized carbons (Fsp3) is 0.167. The van der Waals surface area contributed by atoms with E-state index < -0.39 is 0 Å². The monoisotopic (exact) mass is 187 g/mol. The Bertz CT molecular complexity index is 392. The maximum Gasteiger partial charge on any atom is 0.117 e. The van der Waals surface area contributed by atoms with Gasteiger partial charge in [-0.15, -0.1) is 0 Å². The summed E-state index contributed by atoms with van der Waals surface area (Å²) in [6.45, 7) is 0.467. The molecule has 2 nitrogen and oxygen atoms in total. The maximum atomic E-state index is 5.51. The van der Waals surface area contributed by atoms with Crippen molar-refractivity contribution < 1.29 is 4.42 Å². The predicted molar refractivity (Wildman–Crippen MR) is 55.8 cm³/mol. The third-order valence-electron chi connectivity index (χ3n) is 2.14. The van der Waals surface area contributed by atoms with Crippen LogP contribution in [0.15, 0.2) is 46.9 Å². The Morgan fingerprint density at radius 2 is 1.64 bits per heavy atom. The molecule has 0 bridgehead atoms. The lowest BCUT2D eigenvalue weighted by Gasteiger charge is -1.96. The molecule has 0 aliphatic rings. The van der Waals surface area contributed by atoms with Gasteiger partial charge in [-0.05, 0) is 17.7 Å². The van der Waals surface area contributed by atoms with Crippen LogP contribution in [0.3, 0.4) is 0 Å². The summed E-state index contributed by atoms with van der Waals surface area (Å²) in [5, 5.41) is 0. The average molecular weight is 187 g/mol. The molecule has 0 unspecified atom stereocenters. The van der Waals surface area contributed by atoms with Gasteiger partial charge in [-0.3, -0.25) is 0 Å². The molecule has 0 saturated heterocycles. The number of benzene rings is 1. The molecule has 0 aliphatic carbocycles. The number of hydrogen-bond acceptors (Lipinski definition) is 2. The van der Waals surface area contributed by atoms with Crippen LogP contribution in [0, 0.1) is 0 Å². The Labute approximate surface area is 83.4 Å². The van der Waals surface area contributed by atoms with Crippen LogP contribution in [0.25, 0.3) is 0 Å². The zero-order chi connectivity index (χ0) is 9.80. The number of hydrogen-bond donors (Lipinski definition) is 1. The lowest BCUT2D eigenvalue weighted by Crippen LogP contribution is -1.93. The first kappa shape index (κ1) is 9.03. The second-order valence-corrected chi connectivity index (χ2v) is 3.23. The van der Waals surface area contributed by atoms with Gasteiger partial charge in [-0.1, -0.05) is 30.3 Å². The predicted octanol–water partition coefficient (Wildman–Crippen LogP) is 2.33. The molecule has 2 aromatic rings. The molecule has 2 heteroatoms. The highest BCUT2D eigenvalue weighted by molar-refractivity contribution is 5.21. The van der Waals surface area contributed by atoms with Crippen LogP contribution in [0.5, 0.6) is 0 Å². The largest absolute Gasteiger partial charge is 0.464 e. The first-order valence-corrected chi connectivity index (χ1v) is 4.70. The van der Waals surface area contributed by atoms with Gasteiger partial charge in [0.15, 0.2) is 0 Å². The summed E-state index contributed by atoms with van der Waals surface area (Å²) >= 11 is 0. The van der Waals surface area contributed by atoms with Gasteiger partial charge in [0.1, 0.15) is 11.5 Å². The van der Waals surface area contributed by atoms with E-state index in [1.807, 2.05) is 30.3 Å². The Hall–Kier alpha value is -1.54. The van der Waals surface area contributed by atoms with Crippen molar-refractivity contribution in [2.75, 3.05) is 0 Å². The number of nitrogens with two attached hydrogens (primary N) is 1. The van der Waals surface area contributed by atoms with Crippen LogP contribution in [-0.2, 0) is 13.0 Å². The summed E-state index contributed by atoms with van der Waals surface area (Å²) in [4.78, 5) is 0. The maximum absolute atomic E-state index is 5.51. The second-order valence-electron chi connectivity index (χ2n) is 3.23. The first-order valence-electron chi connectivity index (χ1n) is 4.70. The summed E-state index contributed by atoms with van der Waals surface area (Å²) in [6.07, 6.45) is 0.834. The summed E-state index contributed by atoms with van der Waals surface area (Å²) in [5.41, 5.74) is 6.72. The quantitative estimate of drug-likeness (QED) is 0.801. The molecular weight excluding hydrogens is 174 g/mol. The van der Waals surface area contributed by atoms with Crippen molar-refractivity contribution in [3.8, 4) is 0 Å². The highest BCUT2D eigenvalue weighted by atomic mass is 16.3. The molecule has 0 aliphatic heterocycles. The van der Waals surface area contributed by atoms with E-state index in [0.717, 1.165) is 17.9 Å². The van der Waals surface area contributed by atoms with Crippen molar-refractivity contribution in [2.45, 2.75) is 13.0 Å². The molecule has 1 aromatic heterocycles. The molecule has 1 heterocycles. The SMILES string of the molecule is NCc1ccc(Cc2ccccc2)o1. The summed E-state index contributed by atoms with van der Waals surface area (Å²) in [6, 6.07) is 14.2. The molecule has 0 spiro atoms. The second kappa shape index (κ2) is 4.11. The van der Waals surface area contributed by atoms with Crippen LogP contribution in [0.2, 0.25) is 0 Å². The van der Waals surface area contributed by atoms with E-state index in [2.05, 4.69) is 12.1 Å². The van der Waals surface area contributed by atoms with Crippen LogP contribution >= 0.6 is 0 Å². The average Bonchev–Trinajstić information content (AvgIpc) is 2.67. The molecule has 2 rings (SSSR count). The van der Waals surface area contributed by atoms with Crippen molar-refractivity contribution in [3.05, 3.63) is 59.5 Å². The van der Waals surface area contributed by atoms with Gasteiger partial charge in [-0.2, -0.15) is 0 Å². The Morgan fingerprint density at radius 1 is 0.929 bits per heavy atom.